The normalized spacial score (nSPS) is 11.5. The Morgan fingerprint density at radius 2 is 1.86 bits per heavy atom. The molecule has 0 unspecified atom stereocenters. The molecule has 0 aromatic carbocycles. The number of rotatable bonds is 1. The van der Waals surface area contributed by atoms with E-state index in [1.165, 1.54) is 7.11 Å². The van der Waals surface area contributed by atoms with Crippen LogP contribution >= 0.6 is 0 Å². The van der Waals surface area contributed by atoms with Gasteiger partial charge in [0.25, 0.3) is 0 Å². The van der Waals surface area contributed by atoms with Gasteiger partial charge in [-0.05, 0) is 6.92 Å². The largest absolute Gasteiger partial charge is 0.412 e. The SMILES string of the molecule is COn1c(C)nnc(C(C)(C)C)c1=O. The van der Waals surface area contributed by atoms with E-state index in [1.807, 2.05) is 20.8 Å². The van der Waals surface area contributed by atoms with Gasteiger partial charge in [-0.25, -0.2) is 0 Å². The quantitative estimate of drug-likeness (QED) is 0.650. The lowest BCUT2D eigenvalue weighted by molar-refractivity contribution is 0.142. The maximum absolute atomic E-state index is 11.8. The van der Waals surface area contributed by atoms with Crippen LogP contribution in [0.5, 0.6) is 0 Å². The van der Waals surface area contributed by atoms with Crippen molar-refractivity contribution in [1.29, 1.82) is 0 Å². The Bertz CT molecular complexity index is 390. The second kappa shape index (κ2) is 3.40. The topological polar surface area (TPSA) is 57.0 Å². The number of hydrogen-bond donors (Lipinski definition) is 0. The zero-order valence-corrected chi connectivity index (χ0v) is 9.16. The smallest absolute Gasteiger partial charge is 0.308 e. The summed E-state index contributed by atoms with van der Waals surface area (Å²) in [6.45, 7) is 7.40. The lowest BCUT2D eigenvalue weighted by atomic mass is 9.93. The van der Waals surface area contributed by atoms with Crippen LogP contribution in [-0.2, 0) is 5.41 Å². The molecular weight excluding hydrogens is 182 g/mol. The Morgan fingerprint density at radius 3 is 2.29 bits per heavy atom. The predicted octanol–water partition coefficient (Wildman–Crippen LogP) is 0.303. The lowest BCUT2D eigenvalue weighted by Crippen LogP contribution is -2.36. The van der Waals surface area contributed by atoms with Gasteiger partial charge < -0.3 is 4.84 Å². The highest BCUT2D eigenvalue weighted by molar-refractivity contribution is 5.07. The molecule has 0 radical (unpaired) electrons. The predicted molar refractivity (Wildman–Crippen MR) is 52.2 cm³/mol. The van der Waals surface area contributed by atoms with Gasteiger partial charge >= 0.3 is 5.56 Å². The molecule has 14 heavy (non-hydrogen) atoms. The first-order valence-corrected chi connectivity index (χ1v) is 4.39. The van der Waals surface area contributed by atoms with Gasteiger partial charge in [-0.3, -0.25) is 4.79 Å². The van der Waals surface area contributed by atoms with E-state index in [0.29, 0.717) is 11.5 Å². The highest BCUT2D eigenvalue weighted by Crippen LogP contribution is 2.15. The van der Waals surface area contributed by atoms with Gasteiger partial charge in [0, 0.05) is 5.41 Å². The summed E-state index contributed by atoms with van der Waals surface area (Å²) in [5.41, 5.74) is -0.157. The Labute approximate surface area is 82.7 Å². The number of nitrogens with zero attached hydrogens (tertiary/aromatic N) is 3. The van der Waals surface area contributed by atoms with Gasteiger partial charge in [0.15, 0.2) is 5.82 Å². The van der Waals surface area contributed by atoms with Gasteiger partial charge in [-0.2, -0.15) is 0 Å². The van der Waals surface area contributed by atoms with Crippen LogP contribution in [0, 0.1) is 6.92 Å². The minimum absolute atomic E-state index is 0.243. The number of hydrogen-bond acceptors (Lipinski definition) is 4. The molecule has 0 aliphatic heterocycles. The molecule has 0 aliphatic carbocycles. The maximum Gasteiger partial charge on any atom is 0.308 e. The minimum Gasteiger partial charge on any atom is -0.412 e. The van der Waals surface area contributed by atoms with E-state index >= 15 is 0 Å². The second-order valence-electron chi connectivity index (χ2n) is 4.13. The molecule has 0 saturated carbocycles. The molecule has 1 heterocycles. The fraction of sp³-hybridized carbons (Fsp3) is 0.667. The molecule has 5 nitrogen and oxygen atoms in total. The molecule has 0 atom stereocenters. The zero-order chi connectivity index (χ0) is 10.9. The molecule has 0 spiro atoms. The Balaban J connectivity index is 3.44. The monoisotopic (exact) mass is 197 g/mol. The molecule has 1 rings (SSSR count). The third-order valence-electron chi connectivity index (χ3n) is 1.87. The number of aromatic nitrogens is 3. The molecule has 0 saturated heterocycles. The summed E-state index contributed by atoms with van der Waals surface area (Å²) < 4.78 is 1.15. The highest BCUT2D eigenvalue weighted by Gasteiger charge is 2.22. The summed E-state index contributed by atoms with van der Waals surface area (Å²) in [5, 5.41) is 7.76. The Hall–Kier alpha value is -1.39. The molecule has 0 fully saturated rings. The first kappa shape index (κ1) is 10.7. The summed E-state index contributed by atoms with van der Waals surface area (Å²) in [6.07, 6.45) is 0. The van der Waals surface area contributed by atoms with Crippen LogP contribution < -0.4 is 10.4 Å². The lowest BCUT2D eigenvalue weighted by Gasteiger charge is -2.17. The van der Waals surface area contributed by atoms with Crippen molar-refractivity contribution in [1.82, 2.24) is 14.9 Å². The molecule has 0 N–H and O–H groups in total. The molecule has 0 bridgehead atoms. The van der Waals surface area contributed by atoms with Crippen LogP contribution in [0.4, 0.5) is 0 Å². The summed E-state index contributed by atoms with van der Waals surface area (Å²) in [4.78, 5) is 16.7. The first-order valence-electron chi connectivity index (χ1n) is 4.39. The van der Waals surface area contributed by atoms with E-state index in [-0.39, 0.29) is 11.0 Å². The van der Waals surface area contributed by atoms with Crippen molar-refractivity contribution in [3.8, 4) is 0 Å². The van der Waals surface area contributed by atoms with Gasteiger partial charge in [0.1, 0.15) is 12.8 Å². The van der Waals surface area contributed by atoms with E-state index in [4.69, 9.17) is 4.84 Å². The van der Waals surface area contributed by atoms with Crippen LogP contribution in [0.15, 0.2) is 4.79 Å². The molecule has 78 valence electrons. The van der Waals surface area contributed by atoms with Gasteiger partial charge in [-0.1, -0.05) is 20.8 Å². The van der Waals surface area contributed by atoms with Crippen molar-refractivity contribution in [2.24, 2.45) is 0 Å². The van der Waals surface area contributed by atoms with Crippen molar-refractivity contribution in [3.63, 3.8) is 0 Å². The summed E-state index contributed by atoms with van der Waals surface area (Å²) in [6, 6.07) is 0. The first-order chi connectivity index (χ1) is 6.38. The van der Waals surface area contributed by atoms with Gasteiger partial charge in [0.2, 0.25) is 0 Å². The molecule has 1 aromatic heterocycles. The van der Waals surface area contributed by atoms with E-state index in [9.17, 15) is 4.79 Å². The fourth-order valence-electron chi connectivity index (χ4n) is 1.13. The molecule has 1 aromatic rings. The van der Waals surface area contributed by atoms with Crippen LogP contribution in [0.2, 0.25) is 0 Å². The van der Waals surface area contributed by atoms with E-state index in [1.54, 1.807) is 6.92 Å². The third-order valence-corrected chi connectivity index (χ3v) is 1.87. The van der Waals surface area contributed by atoms with Crippen LogP contribution in [0.1, 0.15) is 32.3 Å². The van der Waals surface area contributed by atoms with Crippen molar-refractivity contribution in [2.75, 3.05) is 7.11 Å². The summed E-state index contributed by atoms with van der Waals surface area (Å²) >= 11 is 0. The zero-order valence-electron chi connectivity index (χ0n) is 9.16. The average Bonchev–Trinajstić information content (AvgIpc) is 2.02. The van der Waals surface area contributed by atoms with Gasteiger partial charge in [0.05, 0.1) is 0 Å². The van der Waals surface area contributed by atoms with Crippen molar-refractivity contribution in [3.05, 3.63) is 21.9 Å². The molecular formula is C9H15N3O2. The molecule has 0 aliphatic rings. The highest BCUT2D eigenvalue weighted by atomic mass is 16.7. The minimum atomic E-state index is -0.321. The van der Waals surface area contributed by atoms with E-state index in [0.717, 1.165) is 4.73 Å². The Morgan fingerprint density at radius 1 is 1.29 bits per heavy atom. The molecule has 0 amide bonds. The van der Waals surface area contributed by atoms with E-state index < -0.39 is 0 Å². The van der Waals surface area contributed by atoms with Crippen molar-refractivity contribution in [2.45, 2.75) is 33.1 Å². The summed E-state index contributed by atoms with van der Waals surface area (Å²) in [7, 11) is 1.43. The fourth-order valence-corrected chi connectivity index (χ4v) is 1.13. The number of aryl methyl sites for hydroxylation is 1. The Kier molecular flexibility index (Phi) is 2.59. The molecule has 5 heteroatoms. The standard InChI is InChI=1S/C9H15N3O2/c1-6-10-11-7(9(2,3)4)8(13)12(6)14-5/h1-5H3. The average molecular weight is 197 g/mol. The van der Waals surface area contributed by atoms with Crippen molar-refractivity contribution < 1.29 is 4.84 Å². The van der Waals surface area contributed by atoms with Crippen LogP contribution in [0.3, 0.4) is 0 Å². The summed E-state index contributed by atoms with van der Waals surface area (Å²) in [5.74, 6) is 0.450. The van der Waals surface area contributed by atoms with E-state index in [2.05, 4.69) is 10.2 Å². The third kappa shape index (κ3) is 1.76. The van der Waals surface area contributed by atoms with Crippen LogP contribution in [0.25, 0.3) is 0 Å². The second-order valence-corrected chi connectivity index (χ2v) is 4.13. The van der Waals surface area contributed by atoms with Gasteiger partial charge in [-0.15, -0.1) is 14.9 Å². The van der Waals surface area contributed by atoms with Crippen LogP contribution in [-0.4, -0.2) is 22.0 Å². The maximum atomic E-state index is 11.8. The van der Waals surface area contributed by atoms with Crippen molar-refractivity contribution >= 4 is 0 Å².